The zero-order chi connectivity index (χ0) is 25.1. The smallest absolute Gasteiger partial charge is 0.261 e. The van der Waals surface area contributed by atoms with Gasteiger partial charge in [0.25, 0.3) is 5.56 Å². The average Bonchev–Trinajstić information content (AvgIpc) is 3.33. The first-order valence-electron chi connectivity index (χ1n) is 12.6. The summed E-state index contributed by atoms with van der Waals surface area (Å²) in [6.07, 6.45) is 2.23. The first-order chi connectivity index (χ1) is 18.0. The van der Waals surface area contributed by atoms with E-state index in [0.29, 0.717) is 39.6 Å². The molecule has 186 valence electrons. The topological polar surface area (TPSA) is 76.8 Å². The molecular formula is C29H25F2N5O. The molecule has 37 heavy (non-hydrogen) atoms. The molecule has 0 amide bonds. The summed E-state index contributed by atoms with van der Waals surface area (Å²) in [4.78, 5) is 27.0. The van der Waals surface area contributed by atoms with E-state index in [-0.39, 0.29) is 11.6 Å². The van der Waals surface area contributed by atoms with Gasteiger partial charge in [-0.1, -0.05) is 18.2 Å². The lowest BCUT2D eigenvalue weighted by Gasteiger charge is -2.45. The number of para-hydroxylation sites is 2. The third-order valence-electron chi connectivity index (χ3n) is 7.87. The van der Waals surface area contributed by atoms with Gasteiger partial charge in [-0.3, -0.25) is 4.79 Å². The van der Waals surface area contributed by atoms with E-state index in [1.807, 2.05) is 30.3 Å². The number of rotatable bonds is 4. The van der Waals surface area contributed by atoms with Crippen molar-refractivity contribution in [1.82, 2.24) is 19.9 Å². The second-order valence-corrected chi connectivity index (χ2v) is 10.1. The lowest BCUT2D eigenvalue weighted by Crippen LogP contribution is -2.53. The molecule has 2 aromatic heterocycles. The van der Waals surface area contributed by atoms with Crippen molar-refractivity contribution in [3.05, 3.63) is 82.7 Å². The van der Waals surface area contributed by atoms with Gasteiger partial charge in [-0.15, -0.1) is 0 Å². The van der Waals surface area contributed by atoms with E-state index in [1.165, 1.54) is 12.1 Å². The van der Waals surface area contributed by atoms with Crippen LogP contribution in [-0.4, -0.2) is 45.5 Å². The van der Waals surface area contributed by atoms with Crippen molar-refractivity contribution in [2.45, 2.75) is 18.9 Å². The van der Waals surface area contributed by atoms with Crippen molar-refractivity contribution in [3.8, 4) is 22.5 Å². The molecule has 3 saturated heterocycles. The molecule has 0 saturated carbocycles. The number of nitrogens with one attached hydrogen (secondary N) is 3. The second kappa shape index (κ2) is 8.52. The Bertz CT molecular complexity index is 1680. The van der Waals surface area contributed by atoms with Gasteiger partial charge in [-0.25, -0.2) is 13.8 Å². The van der Waals surface area contributed by atoms with Crippen LogP contribution in [0.25, 0.3) is 44.5 Å². The third-order valence-corrected chi connectivity index (χ3v) is 7.87. The van der Waals surface area contributed by atoms with Gasteiger partial charge in [0.05, 0.1) is 22.2 Å². The molecule has 5 aromatic rings. The van der Waals surface area contributed by atoms with Gasteiger partial charge in [-0.2, -0.15) is 0 Å². The molecule has 0 aliphatic carbocycles. The van der Waals surface area contributed by atoms with Crippen molar-refractivity contribution in [2.24, 2.45) is 5.92 Å². The minimum absolute atomic E-state index is 0.182. The molecule has 3 aliphatic rings. The van der Waals surface area contributed by atoms with Gasteiger partial charge in [-0.05, 0) is 73.8 Å². The van der Waals surface area contributed by atoms with Crippen molar-refractivity contribution in [3.63, 3.8) is 0 Å². The van der Waals surface area contributed by atoms with Gasteiger partial charge in [0.15, 0.2) is 0 Å². The first kappa shape index (κ1) is 22.2. The van der Waals surface area contributed by atoms with Crippen LogP contribution in [0.5, 0.6) is 0 Å². The third kappa shape index (κ3) is 3.79. The van der Waals surface area contributed by atoms with Crippen LogP contribution in [0.4, 0.5) is 14.5 Å². The predicted molar refractivity (Wildman–Crippen MR) is 142 cm³/mol. The van der Waals surface area contributed by atoms with Crippen LogP contribution in [0.1, 0.15) is 12.8 Å². The molecule has 0 radical (unpaired) electrons. The predicted octanol–water partition coefficient (Wildman–Crippen LogP) is 5.52. The first-order valence-corrected chi connectivity index (χ1v) is 12.6. The molecular weight excluding hydrogens is 472 g/mol. The van der Waals surface area contributed by atoms with E-state index in [4.69, 9.17) is 4.98 Å². The molecule has 2 bridgehead atoms. The minimum atomic E-state index is -0.631. The summed E-state index contributed by atoms with van der Waals surface area (Å²) in [5, 5.41) is 4.49. The summed E-state index contributed by atoms with van der Waals surface area (Å²) in [6.45, 7) is 3.11. The van der Waals surface area contributed by atoms with Crippen LogP contribution in [-0.2, 0) is 0 Å². The van der Waals surface area contributed by atoms with Gasteiger partial charge in [0.2, 0.25) is 0 Å². The zero-order valence-corrected chi connectivity index (χ0v) is 20.0. The summed E-state index contributed by atoms with van der Waals surface area (Å²) < 4.78 is 28.3. The number of pyridine rings is 1. The number of hydrogen-bond donors (Lipinski definition) is 3. The quantitative estimate of drug-likeness (QED) is 0.306. The molecule has 0 unspecified atom stereocenters. The Kier molecular flexibility index (Phi) is 5.11. The highest BCUT2D eigenvalue weighted by Crippen LogP contribution is 2.37. The van der Waals surface area contributed by atoms with Crippen LogP contribution in [0.2, 0.25) is 0 Å². The number of fused-ring (bicyclic) bond motifs is 5. The largest absolute Gasteiger partial charge is 0.379 e. The number of aromatic amines is 2. The number of aromatic nitrogens is 3. The maximum atomic E-state index is 14.7. The highest BCUT2D eigenvalue weighted by Gasteiger charge is 2.35. The van der Waals surface area contributed by atoms with E-state index in [2.05, 4.69) is 20.2 Å². The lowest BCUT2D eigenvalue weighted by atomic mass is 9.83. The summed E-state index contributed by atoms with van der Waals surface area (Å²) in [6, 6.07) is 16.8. The van der Waals surface area contributed by atoms with Gasteiger partial charge in [0.1, 0.15) is 23.0 Å². The van der Waals surface area contributed by atoms with Crippen LogP contribution in [0.15, 0.2) is 65.5 Å². The lowest BCUT2D eigenvalue weighted by molar-refractivity contribution is 0.0976. The number of nitrogens with zero attached hydrogens (tertiary/aromatic N) is 2. The Hall–Kier alpha value is -4.04. The molecule has 5 heterocycles. The zero-order valence-electron chi connectivity index (χ0n) is 20.0. The fourth-order valence-corrected chi connectivity index (χ4v) is 5.95. The van der Waals surface area contributed by atoms with Crippen LogP contribution in [0, 0.1) is 17.6 Å². The molecule has 3 aromatic carbocycles. The van der Waals surface area contributed by atoms with Crippen molar-refractivity contribution < 1.29 is 8.78 Å². The number of anilines is 1. The monoisotopic (exact) mass is 497 g/mol. The van der Waals surface area contributed by atoms with Crippen molar-refractivity contribution in [2.75, 3.05) is 25.0 Å². The molecule has 3 fully saturated rings. The summed E-state index contributed by atoms with van der Waals surface area (Å²) in [5.41, 5.74) is 4.01. The number of piperidine rings is 3. The molecule has 3 aliphatic heterocycles. The van der Waals surface area contributed by atoms with Crippen molar-refractivity contribution in [1.29, 1.82) is 0 Å². The number of halogens is 2. The number of H-pyrrole nitrogens is 2. The number of hydrogen-bond acceptors (Lipinski definition) is 4. The van der Waals surface area contributed by atoms with Crippen LogP contribution < -0.4 is 10.9 Å². The molecule has 8 rings (SSSR count). The number of benzene rings is 3. The Morgan fingerprint density at radius 1 is 0.946 bits per heavy atom. The maximum Gasteiger partial charge on any atom is 0.261 e. The number of imidazole rings is 1. The van der Waals surface area contributed by atoms with E-state index >= 15 is 0 Å². The maximum absolute atomic E-state index is 14.7. The summed E-state index contributed by atoms with van der Waals surface area (Å²) in [7, 11) is 0. The van der Waals surface area contributed by atoms with Gasteiger partial charge in [0, 0.05) is 29.6 Å². The average molecular weight is 498 g/mol. The SMILES string of the molecule is O=c1[nH]c2ccc(-c3ccc(F)cc3F)cc2c(N[C@H]2CN3CCC2CC3)c1-c1nc2ccccc2[nH]1. The summed E-state index contributed by atoms with van der Waals surface area (Å²) >= 11 is 0. The molecule has 6 nitrogen and oxygen atoms in total. The molecule has 3 N–H and O–H groups in total. The normalized spacial score (nSPS) is 21.1. The Balaban J connectivity index is 1.45. The highest BCUT2D eigenvalue weighted by molar-refractivity contribution is 6.01. The molecule has 8 heteroatoms. The van der Waals surface area contributed by atoms with E-state index in [0.717, 1.165) is 55.0 Å². The standard InChI is InChI=1S/C29H25F2N5O/c30-18-6-7-19(21(31)14-18)17-5-8-22-20(13-17)27(32-25-15-36-11-9-16(25)10-12-36)26(29(37)35-22)28-33-23-3-1-2-4-24(23)34-28/h1-8,13-14,16,25H,9-12,15H2,(H,33,34)(H2,32,35,37)/t25-/m0/s1. The second-order valence-electron chi connectivity index (χ2n) is 10.1. The highest BCUT2D eigenvalue weighted by atomic mass is 19.1. The fourth-order valence-electron chi connectivity index (χ4n) is 5.95. The minimum Gasteiger partial charge on any atom is -0.379 e. The Labute approximate surface area is 211 Å². The fraction of sp³-hybridized carbons (Fsp3) is 0.241. The molecule has 0 spiro atoms. The van der Waals surface area contributed by atoms with Gasteiger partial charge >= 0.3 is 0 Å². The van der Waals surface area contributed by atoms with E-state index < -0.39 is 11.6 Å². The molecule has 1 atom stereocenters. The van der Waals surface area contributed by atoms with Crippen LogP contribution >= 0.6 is 0 Å². The van der Waals surface area contributed by atoms with E-state index in [1.54, 1.807) is 12.1 Å². The van der Waals surface area contributed by atoms with Gasteiger partial charge < -0.3 is 20.2 Å². The Morgan fingerprint density at radius 3 is 2.54 bits per heavy atom. The van der Waals surface area contributed by atoms with Crippen molar-refractivity contribution >= 4 is 27.6 Å². The Morgan fingerprint density at radius 2 is 1.78 bits per heavy atom. The summed E-state index contributed by atoms with van der Waals surface area (Å²) in [5.74, 6) is -0.261. The van der Waals surface area contributed by atoms with Crippen LogP contribution in [0.3, 0.4) is 0 Å². The van der Waals surface area contributed by atoms with E-state index in [9.17, 15) is 13.6 Å².